The summed E-state index contributed by atoms with van der Waals surface area (Å²) in [6, 6.07) is 4.57. The van der Waals surface area contributed by atoms with Crippen molar-refractivity contribution in [1.82, 2.24) is 5.32 Å². The SMILES string of the molecule is COc1cc(CNC(C)C23CC4CC(CC(C4)C2)C3)cc(Cl)c1OC.Cl. The van der Waals surface area contributed by atoms with E-state index in [0.717, 1.165) is 29.9 Å². The van der Waals surface area contributed by atoms with E-state index >= 15 is 0 Å². The first-order valence-corrected chi connectivity index (χ1v) is 10.0. The molecular weight excluding hydrogens is 369 g/mol. The number of rotatable bonds is 6. The summed E-state index contributed by atoms with van der Waals surface area (Å²) in [5, 5.41) is 4.43. The van der Waals surface area contributed by atoms with Gasteiger partial charge in [-0.05, 0) is 86.3 Å². The minimum Gasteiger partial charge on any atom is -0.493 e. The molecule has 4 aliphatic rings. The van der Waals surface area contributed by atoms with E-state index in [9.17, 15) is 0 Å². The molecule has 0 heterocycles. The summed E-state index contributed by atoms with van der Waals surface area (Å²) < 4.78 is 10.8. The first-order chi connectivity index (χ1) is 12.0. The maximum Gasteiger partial charge on any atom is 0.179 e. The van der Waals surface area contributed by atoms with Gasteiger partial charge in [-0.1, -0.05) is 11.6 Å². The molecule has 0 aromatic heterocycles. The molecule has 0 aliphatic heterocycles. The Kier molecular flexibility index (Phi) is 6.01. The molecule has 1 atom stereocenters. The van der Waals surface area contributed by atoms with Crippen LogP contribution in [-0.2, 0) is 6.54 Å². The molecule has 4 aliphatic carbocycles. The van der Waals surface area contributed by atoms with Crippen LogP contribution in [0.25, 0.3) is 0 Å². The molecule has 0 saturated heterocycles. The predicted molar refractivity (Wildman–Crippen MR) is 109 cm³/mol. The number of hydrogen-bond acceptors (Lipinski definition) is 3. The Labute approximate surface area is 168 Å². The van der Waals surface area contributed by atoms with E-state index in [1.54, 1.807) is 14.2 Å². The monoisotopic (exact) mass is 399 g/mol. The van der Waals surface area contributed by atoms with Crippen LogP contribution in [0.4, 0.5) is 0 Å². The van der Waals surface area contributed by atoms with Gasteiger partial charge in [-0.3, -0.25) is 0 Å². The Balaban J connectivity index is 0.00000196. The summed E-state index contributed by atoms with van der Waals surface area (Å²) in [5.41, 5.74) is 1.67. The van der Waals surface area contributed by atoms with Gasteiger partial charge in [-0.15, -0.1) is 12.4 Å². The zero-order valence-corrected chi connectivity index (χ0v) is 17.6. The molecule has 3 nitrogen and oxygen atoms in total. The van der Waals surface area contributed by atoms with Crippen LogP contribution in [-0.4, -0.2) is 20.3 Å². The molecule has 0 spiro atoms. The van der Waals surface area contributed by atoms with Crippen molar-refractivity contribution in [3.05, 3.63) is 22.7 Å². The summed E-state index contributed by atoms with van der Waals surface area (Å²) in [6.45, 7) is 3.22. The lowest BCUT2D eigenvalue weighted by Crippen LogP contribution is -2.54. The van der Waals surface area contributed by atoms with Gasteiger partial charge < -0.3 is 14.8 Å². The van der Waals surface area contributed by atoms with E-state index in [0.29, 0.717) is 28.0 Å². The summed E-state index contributed by atoms with van der Waals surface area (Å²) in [6.07, 6.45) is 8.78. The van der Waals surface area contributed by atoms with Crippen LogP contribution in [0.3, 0.4) is 0 Å². The first kappa shape index (κ1) is 20.1. The fraction of sp³-hybridized carbons (Fsp3) is 0.714. The van der Waals surface area contributed by atoms with Crippen LogP contribution >= 0.6 is 24.0 Å². The van der Waals surface area contributed by atoms with Crippen molar-refractivity contribution in [3.8, 4) is 11.5 Å². The lowest BCUT2D eigenvalue weighted by Gasteiger charge is -2.59. The van der Waals surface area contributed by atoms with Crippen molar-refractivity contribution in [2.45, 2.75) is 58.0 Å². The Morgan fingerprint density at radius 3 is 2.15 bits per heavy atom. The van der Waals surface area contributed by atoms with Gasteiger partial charge >= 0.3 is 0 Å². The van der Waals surface area contributed by atoms with Gasteiger partial charge in [0.05, 0.1) is 19.2 Å². The van der Waals surface area contributed by atoms with Crippen LogP contribution in [0.15, 0.2) is 12.1 Å². The lowest BCUT2D eigenvalue weighted by atomic mass is 9.48. The summed E-state index contributed by atoms with van der Waals surface area (Å²) in [5.74, 6) is 4.29. The van der Waals surface area contributed by atoms with Gasteiger partial charge in [0.1, 0.15) is 0 Å². The molecule has 0 amide bonds. The van der Waals surface area contributed by atoms with Crippen LogP contribution < -0.4 is 14.8 Å². The van der Waals surface area contributed by atoms with Gasteiger partial charge in [0, 0.05) is 12.6 Å². The van der Waals surface area contributed by atoms with E-state index in [1.165, 1.54) is 38.5 Å². The van der Waals surface area contributed by atoms with Crippen molar-refractivity contribution in [2.75, 3.05) is 14.2 Å². The highest BCUT2D eigenvalue weighted by molar-refractivity contribution is 6.32. The van der Waals surface area contributed by atoms with Crippen molar-refractivity contribution in [3.63, 3.8) is 0 Å². The Bertz CT molecular complexity index is 614. The van der Waals surface area contributed by atoms with Crippen molar-refractivity contribution < 1.29 is 9.47 Å². The summed E-state index contributed by atoms with van der Waals surface area (Å²) in [4.78, 5) is 0. The molecule has 4 saturated carbocycles. The standard InChI is InChI=1S/C21H30ClNO2.ClH/c1-13(21-9-14-4-15(10-21)6-16(5-14)11-21)23-12-17-7-18(22)20(25-3)19(8-17)24-2;/h7-8,13-16,23H,4-6,9-12H2,1-3H3;1H. The van der Waals surface area contributed by atoms with Gasteiger partial charge in [0.2, 0.25) is 0 Å². The molecule has 1 aromatic carbocycles. The maximum atomic E-state index is 6.35. The highest BCUT2D eigenvalue weighted by Gasteiger charge is 2.52. The zero-order valence-electron chi connectivity index (χ0n) is 16.0. The molecule has 1 unspecified atom stereocenters. The Hall–Kier alpha value is -0.640. The largest absolute Gasteiger partial charge is 0.493 e. The second-order valence-corrected chi connectivity index (χ2v) is 9.10. The minimum atomic E-state index is 0. The fourth-order valence-electron chi connectivity index (χ4n) is 6.27. The fourth-order valence-corrected chi connectivity index (χ4v) is 6.58. The van der Waals surface area contributed by atoms with Crippen LogP contribution in [0.1, 0.15) is 51.0 Å². The Morgan fingerprint density at radius 2 is 1.65 bits per heavy atom. The number of hydrogen-bond donors (Lipinski definition) is 1. The molecule has 5 heteroatoms. The lowest BCUT2D eigenvalue weighted by molar-refractivity contribution is -0.0706. The van der Waals surface area contributed by atoms with Crippen molar-refractivity contribution in [1.29, 1.82) is 0 Å². The molecule has 146 valence electrons. The predicted octanol–water partition coefficient (Wildman–Crippen LogP) is 5.47. The van der Waals surface area contributed by atoms with E-state index in [1.807, 2.05) is 12.1 Å². The van der Waals surface area contributed by atoms with E-state index in [2.05, 4.69) is 12.2 Å². The number of ether oxygens (including phenoxy) is 2. The van der Waals surface area contributed by atoms with Crippen LogP contribution in [0.5, 0.6) is 11.5 Å². The average Bonchev–Trinajstić information content (AvgIpc) is 2.57. The van der Waals surface area contributed by atoms with Gasteiger partial charge in [-0.2, -0.15) is 0 Å². The first-order valence-electron chi connectivity index (χ1n) is 9.67. The topological polar surface area (TPSA) is 30.5 Å². The van der Waals surface area contributed by atoms with E-state index in [-0.39, 0.29) is 12.4 Å². The molecule has 1 aromatic rings. The van der Waals surface area contributed by atoms with Crippen molar-refractivity contribution in [2.24, 2.45) is 23.2 Å². The highest BCUT2D eigenvalue weighted by Crippen LogP contribution is 2.61. The molecule has 4 bridgehead atoms. The second-order valence-electron chi connectivity index (χ2n) is 8.70. The van der Waals surface area contributed by atoms with E-state index in [4.69, 9.17) is 21.1 Å². The third-order valence-corrected chi connectivity index (χ3v) is 7.39. The minimum absolute atomic E-state index is 0. The molecule has 0 radical (unpaired) electrons. The maximum absolute atomic E-state index is 6.35. The smallest absolute Gasteiger partial charge is 0.179 e. The Morgan fingerprint density at radius 1 is 1.08 bits per heavy atom. The summed E-state index contributed by atoms with van der Waals surface area (Å²) in [7, 11) is 3.28. The third kappa shape index (κ3) is 3.55. The zero-order chi connectivity index (χ0) is 17.6. The number of benzene rings is 1. The third-order valence-electron chi connectivity index (χ3n) is 7.11. The molecule has 5 rings (SSSR count). The average molecular weight is 400 g/mol. The van der Waals surface area contributed by atoms with Gasteiger partial charge in [0.25, 0.3) is 0 Å². The van der Waals surface area contributed by atoms with Gasteiger partial charge in [0.15, 0.2) is 11.5 Å². The van der Waals surface area contributed by atoms with Crippen LogP contribution in [0, 0.1) is 23.2 Å². The highest BCUT2D eigenvalue weighted by atomic mass is 35.5. The number of methoxy groups -OCH3 is 2. The van der Waals surface area contributed by atoms with Crippen LogP contribution in [0.2, 0.25) is 5.02 Å². The summed E-state index contributed by atoms with van der Waals surface area (Å²) >= 11 is 6.35. The molecule has 26 heavy (non-hydrogen) atoms. The van der Waals surface area contributed by atoms with E-state index < -0.39 is 0 Å². The normalized spacial score (nSPS) is 32.8. The quantitative estimate of drug-likeness (QED) is 0.687. The second kappa shape index (κ2) is 7.77. The molecule has 4 fully saturated rings. The number of halogens is 2. The molecular formula is C21H31Cl2NO2. The number of nitrogens with one attached hydrogen (secondary N) is 1. The van der Waals surface area contributed by atoms with Crippen molar-refractivity contribution >= 4 is 24.0 Å². The van der Waals surface area contributed by atoms with Gasteiger partial charge in [-0.25, -0.2) is 0 Å². The molecule has 1 N–H and O–H groups in total.